The van der Waals surface area contributed by atoms with Crippen molar-refractivity contribution in [2.75, 3.05) is 12.0 Å². The molecule has 0 bridgehead atoms. The van der Waals surface area contributed by atoms with Crippen molar-refractivity contribution >= 4 is 23.6 Å². The van der Waals surface area contributed by atoms with E-state index in [1.54, 1.807) is 11.8 Å². The van der Waals surface area contributed by atoms with Crippen molar-refractivity contribution in [3.63, 3.8) is 0 Å². The molecule has 1 amide bonds. The van der Waals surface area contributed by atoms with Crippen molar-refractivity contribution in [1.82, 2.24) is 4.57 Å². The van der Waals surface area contributed by atoms with Gasteiger partial charge in [-0.05, 0) is 74.2 Å². The van der Waals surface area contributed by atoms with Crippen molar-refractivity contribution in [1.29, 1.82) is 0 Å². The summed E-state index contributed by atoms with van der Waals surface area (Å²) < 4.78 is 7.20. The molecule has 5 heteroatoms. The minimum atomic E-state index is -0.518. The number of aromatic nitrogens is 1. The van der Waals surface area contributed by atoms with Gasteiger partial charge in [0.25, 0.3) is 5.91 Å². The Bertz CT molecular complexity index is 1310. The summed E-state index contributed by atoms with van der Waals surface area (Å²) >= 11 is 0. The van der Waals surface area contributed by atoms with Crippen LogP contribution in [-0.2, 0) is 14.3 Å². The minimum absolute atomic E-state index is 0.236. The minimum Gasteiger partial charge on any atom is -0.465 e. The number of anilines is 1. The molecule has 0 saturated carbocycles. The molecule has 2 aromatic carbocycles. The molecule has 5 nitrogen and oxygen atoms in total. The highest BCUT2D eigenvalue weighted by molar-refractivity contribution is 6.23. The summed E-state index contributed by atoms with van der Waals surface area (Å²) in [5.41, 5.74) is 7.09. The topological polar surface area (TPSA) is 51.5 Å². The number of ether oxygens (including phenoxy) is 1. The number of para-hydroxylation sites is 1. The summed E-state index contributed by atoms with van der Waals surface area (Å²) in [6.07, 6.45) is 1.81. The number of amides is 1. The predicted molar refractivity (Wildman–Crippen MR) is 136 cm³/mol. The van der Waals surface area contributed by atoms with E-state index in [1.165, 1.54) is 12.7 Å². The van der Waals surface area contributed by atoms with Crippen molar-refractivity contribution in [2.45, 2.75) is 40.5 Å². The summed E-state index contributed by atoms with van der Waals surface area (Å²) in [6.45, 7) is 10.1. The highest BCUT2D eigenvalue weighted by Gasteiger charge is 2.38. The van der Waals surface area contributed by atoms with Crippen molar-refractivity contribution in [2.24, 2.45) is 0 Å². The molecule has 1 aliphatic rings. The number of aryl methyl sites for hydroxylation is 1. The zero-order valence-electron chi connectivity index (χ0n) is 20.5. The monoisotopic (exact) mass is 454 g/mol. The van der Waals surface area contributed by atoms with Gasteiger partial charge in [0, 0.05) is 28.5 Å². The van der Waals surface area contributed by atoms with Gasteiger partial charge in [0.15, 0.2) is 0 Å². The zero-order valence-corrected chi connectivity index (χ0v) is 20.5. The number of carbonyl (C=O) groups is 2. The molecule has 174 valence electrons. The average molecular weight is 455 g/mol. The number of benzene rings is 2. The molecule has 0 aliphatic carbocycles. The van der Waals surface area contributed by atoms with Crippen LogP contribution in [0, 0.1) is 13.8 Å². The Morgan fingerprint density at radius 3 is 2.18 bits per heavy atom. The zero-order chi connectivity index (χ0) is 24.6. The Kier molecular flexibility index (Phi) is 6.29. The number of allylic oxidation sites excluding steroid dienone is 1. The van der Waals surface area contributed by atoms with Crippen LogP contribution >= 0.6 is 0 Å². The molecule has 0 N–H and O–H groups in total. The van der Waals surface area contributed by atoms with Gasteiger partial charge >= 0.3 is 5.97 Å². The fourth-order valence-electron chi connectivity index (χ4n) is 4.56. The molecule has 0 saturated heterocycles. The van der Waals surface area contributed by atoms with E-state index in [1.807, 2.05) is 80.6 Å². The molecule has 0 radical (unpaired) electrons. The molecule has 34 heavy (non-hydrogen) atoms. The van der Waals surface area contributed by atoms with Crippen LogP contribution in [0.15, 0.2) is 77.5 Å². The van der Waals surface area contributed by atoms with Crippen LogP contribution in [-0.4, -0.2) is 23.6 Å². The molecule has 4 rings (SSSR count). The number of esters is 1. The molecular formula is C29H30N2O3. The predicted octanol–water partition coefficient (Wildman–Crippen LogP) is 6.09. The van der Waals surface area contributed by atoms with Gasteiger partial charge in [0.2, 0.25) is 0 Å². The van der Waals surface area contributed by atoms with Gasteiger partial charge in [-0.25, -0.2) is 4.79 Å². The summed E-state index contributed by atoms with van der Waals surface area (Å²) in [6, 6.07) is 20.0. The Morgan fingerprint density at radius 1 is 0.941 bits per heavy atom. The number of hydrogen-bond acceptors (Lipinski definition) is 3. The molecule has 0 fully saturated rings. The maximum Gasteiger partial charge on any atom is 0.340 e. The maximum atomic E-state index is 13.6. The number of rotatable bonds is 5. The summed E-state index contributed by atoms with van der Waals surface area (Å²) in [4.78, 5) is 28.0. The summed E-state index contributed by atoms with van der Waals surface area (Å²) in [5, 5.41) is 0. The maximum absolute atomic E-state index is 13.6. The number of carbonyl (C=O) groups excluding carboxylic acids is 2. The molecule has 0 unspecified atom stereocenters. The molecule has 1 aromatic heterocycles. The Morgan fingerprint density at radius 2 is 1.59 bits per heavy atom. The first-order valence-electron chi connectivity index (χ1n) is 11.4. The van der Waals surface area contributed by atoms with Crippen molar-refractivity contribution < 1.29 is 14.3 Å². The molecular weight excluding hydrogens is 424 g/mol. The van der Waals surface area contributed by atoms with E-state index in [9.17, 15) is 9.59 Å². The van der Waals surface area contributed by atoms with Crippen LogP contribution in [0.25, 0.3) is 11.8 Å². The summed E-state index contributed by atoms with van der Waals surface area (Å²) in [7, 11) is 1.34. The largest absolute Gasteiger partial charge is 0.465 e. The molecule has 3 aromatic rings. The fraction of sp³-hybridized carbons (Fsp3) is 0.241. The Labute approximate surface area is 201 Å². The van der Waals surface area contributed by atoms with Gasteiger partial charge in [0.1, 0.15) is 0 Å². The van der Waals surface area contributed by atoms with E-state index >= 15 is 0 Å². The lowest BCUT2D eigenvalue weighted by molar-refractivity contribution is -0.136. The second-order valence-corrected chi connectivity index (χ2v) is 8.89. The van der Waals surface area contributed by atoms with E-state index < -0.39 is 5.97 Å². The third-order valence-electron chi connectivity index (χ3n) is 6.39. The first kappa shape index (κ1) is 23.3. The normalized spacial score (nSPS) is 15.1. The van der Waals surface area contributed by atoms with E-state index in [2.05, 4.69) is 18.4 Å². The third-order valence-corrected chi connectivity index (χ3v) is 6.39. The van der Waals surface area contributed by atoms with Crippen molar-refractivity contribution in [3.05, 3.63) is 100 Å². The smallest absolute Gasteiger partial charge is 0.340 e. The molecule has 0 atom stereocenters. The van der Waals surface area contributed by atoms with Gasteiger partial charge in [-0.3, -0.25) is 9.69 Å². The quantitative estimate of drug-likeness (QED) is 0.346. The fourth-order valence-corrected chi connectivity index (χ4v) is 4.56. The lowest BCUT2D eigenvalue weighted by atomic mass is 10.0. The van der Waals surface area contributed by atoms with Crippen LogP contribution in [0.3, 0.4) is 0 Å². The molecule has 2 heterocycles. The lowest BCUT2D eigenvalue weighted by Gasteiger charge is -2.19. The first-order valence-corrected chi connectivity index (χ1v) is 11.4. The van der Waals surface area contributed by atoms with E-state index in [0.29, 0.717) is 22.8 Å². The lowest BCUT2D eigenvalue weighted by Crippen LogP contribution is -2.24. The highest BCUT2D eigenvalue weighted by atomic mass is 16.5. The second-order valence-electron chi connectivity index (χ2n) is 8.89. The standard InChI is InChI=1S/C29H30N2O3/c1-18(2)22-12-14-25(15-13-22)31-21(5)27(29(33)34-6)26(28(31)32)17-23-16-19(3)30(20(23)4)24-10-8-7-9-11-24/h7-18H,1-6H3/b26-17+. The average Bonchev–Trinajstić information content (AvgIpc) is 3.25. The van der Waals surface area contributed by atoms with Crippen LogP contribution in [0.4, 0.5) is 5.69 Å². The van der Waals surface area contributed by atoms with Gasteiger partial charge in [-0.15, -0.1) is 0 Å². The number of hydrogen-bond donors (Lipinski definition) is 0. The van der Waals surface area contributed by atoms with Crippen LogP contribution in [0.1, 0.15) is 49.2 Å². The number of methoxy groups -OCH3 is 1. The van der Waals surface area contributed by atoms with Crippen LogP contribution in [0.5, 0.6) is 0 Å². The van der Waals surface area contributed by atoms with E-state index in [-0.39, 0.29) is 5.91 Å². The van der Waals surface area contributed by atoms with E-state index in [4.69, 9.17) is 4.74 Å². The molecule has 1 aliphatic heterocycles. The van der Waals surface area contributed by atoms with Crippen molar-refractivity contribution in [3.8, 4) is 5.69 Å². The van der Waals surface area contributed by atoms with Gasteiger partial charge < -0.3 is 9.30 Å². The van der Waals surface area contributed by atoms with Gasteiger partial charge in [0.05, 0.1) is 18.3 Å². The first-order chi connectivity index (χ1) is 16.2. The number of nitrogens with zero attached hydrogens (tertiary/aromatic N) is 2. The third kappa shape index (κ3) is 3.98. The highest BCUT2D eigenvalue weighted by Crippen LogP contribution is 2.36. The van der Waals surface area contributed by atoms with Gasteiger partial charge in [-0.2, -0.15) is 0 Å². The van der Waals surface area contributed by atoms with Crippen LogP contribution in [0.2, 0.25) is 0 Å². The second kappa shape index (κ2) is 9.18. The van der Waals surface area contributed by atoms with Gasteiger partial charge in [-0.1, -0.05) is 44.2 Å². The Balaban J connectivity index is 1.82. The summed E-state index contributed by atoms with van der Waals surface area (Å²) in [5.74, 6) is -0.365. The van der Waals surface area contributed by atoms with Crippen LogP contribution < -0.4 is 4.90 Å². The van der Waals surface area contributed by atoms with E-state index in [0.717, 1.165) is 28.3 Å². The molecule has 0 spiro atoms. The Hall–Kier alpha value is -3.86. The SMILES string of the molecule is COC(=O)C1=C(C)N(c2ccc(C(C)C)cc2)C(=O)/C1=C/c1cc(C)n(-c2ccccc2)c1C.